The van der Waals surface area contributed by atoms with Gasteiger partial charge in [-0.2, -0.15) is 13.5 Å². The van der Waals surface area contributed by atoms with Crippen LogP contribution in [0.2, 0.25) is 5.02 Å². The average molecular weight is 535 g/mol. The van der Waals surface area contributed by atoms with Gasteiger partial charge in [0.15, 0.2) is 0 Å². The van der Waals surface area contributed by atoms with Gasteiger partial charge >= 0.3 is 0 Å². The topological polar surface area (TPSA) is 78.3 Å². The van der Waals surface area contributed by atoms with E-state index in [1.165, 1.54) is 16.4 Å². The largest absolute Gasteiger partial charge is 0.297 e. The van der Waals surface area contributed by atoms with Crippen molar-refractivity contribution in [2.45, 2.75) is 74.6 Å². The van der Waals surface area contributed by atoms with Crippen LogP contribution < -0.4 is 5.56 Å². The van der Waals surface area contributed by atoms with Crippen LogP contribution in [0.1, 0.15) is 63.3 Å². The molecule has 0 radical (unpaired) electrons. The fourth-order valence-corrected chi connectivity index (χ4v) is 5.67. The minimum absolute atomic E-state index is 0.149. The van der Waals surface area contributed by atoms with Crippen LogP contribution in [0.3, 0.4) is 0 Å². The zero-order valence-corrected chi connectivity index (χ0v) is 23.0. The lowest BCUT2D eigenvalue weighted by molar-refractivity contribution is 0.201. The Kier molecular flexibility index (Phi) is 8.86. The third-order valence-electron chi connectivity index (χ3n) is 5.37. The molecule has 0 aliphatic heterocycles. The first-order valence-corrected chi connectivity index (χ1v) is 14.2. The van der Waals surface area contributed by atoms with Crippen LogP contribution in [0, 0.1) is 6.92 Å². The molecule has 3 aromatic rings. The summed E-state index contributed by atoms with van der Waals surface area (Å²) in [5, 5.41) is 4.43. The van der Waals surface area contributed by atoms with Gasteiger partial charge in [0, 0.05) is 5.75 Å². The summed E-state index contributed by atoms with van der Waals surface area (Å²) < 4.78 is 32.6. The van der Waals surface area contributed by atoms with Gasteiger partial charge in [-0.25, -0.2) is 4.68 Å². The Morgan fingerprint density at radius 3 is 2.29 bits per heavy atom. The minimum atomic E-state index is -3.88. The molecule has 0 aliphatic rings. The third-order valence-corrected chi connectivity index (χ3v) is 8.28. The molecule has 0 spiro atoms. The molecule has 6 nitrogen and oxygen atoms in total. The molecule has 2 aromatic carbocycles. The van der Waals surface area contributed by atoms with Crippen LogP contribution in [0.15, 0.2) is 69.3 Å². The molecule has 0 fully saturated rings. The van der Waals surface area contributed by atoms with Crippen LogP contribution in [0.4, 0.5) is 0 Å². The van der Waals surface area contributed by atoms with Gasteiger partial charge in [0.1, 0.15) is 11.1 Å². The fraction of sp³-hybridized carbons (Fsp3) is 0.385. The molecule has 0 saturated carbocycles. The number of aromatic nitrogens is 2. The van der Waals surface area contributed by atoms with Gasteiger partial charge < -0.3 is 0 Å². The Bertz CT molecular complexity index is 1310. The predicted molar refractivity (Wildman–Crippen MR) is 142 cm³/mol. The lowest BCUT2D eigenvalue weighted by Crippen LogP contribution is -2.36. The number of aryl methyl sites for hydroxylation is 1. The van der Waals surface area contributed by atoms with Gasteiger partial charge in [0.2, 0.25) is 0 Å². The van der Waals surface area contributed by atoms with Crippen molar-refractivity contribution in [1.29, 1.82) is 0 Å². The summed E-state index contributed by atoms with van der Waals surface area (Å²) in [5.74, 6) is 0.585. The predicted octanol–water partition coefficient (Wildman–Crippen LogP) is 6.50. The maximum atomic E-state index is 12.8. The standard InChI is InChI=1S/C26H31ClN2O4S2/c1-6-7-22(33-35(31,32)21-14-8-18(2)9-15-21)20-12-10-19(11-13-20)17-34-23-16-28-29(26(3,4)5)25(30)24(23)27/h8-16,22H,6-7,17H2,1-5H3. The quantitative estimate of drug-likeness (QED) is 0.230. The van der Waals surface area contributed by atoms with Gasteiger partial charge in [0.05, 0.1) is 21.5 Å². The molecule has 188 valence electrons. The van der Waals surface area contributed by atoms with Crippen molar-refractivity contribution in [2.75, 3.05) is 0 Å². The number of nitrogens with zero attached hydrogens (tertiary/aromatic N) is 2. The molecule has 0 bridgehead atoms. The Labute approximate surface area is 216 Å². The zero-order valence-electron chi connectivity index (χ0n) is 20.6. The van der Waals surface area contributed by atoms with E-state index < -0.39 is 21.8 Å². The highest BCUT2D eigenvalue weighted by Crippen LogP contribution is 2.31. The molecule has 0 amide bonds. The van der Waals surface area contributed by atoms with Crippen LogP contribution in [-0.4, -0.2) is 18.2 Å². The van der Waals surface area contributed by atoms with E-state index >= 15 is 0 Å². The molecule has 35 heavy (non-hydrogen) atoms. The highest BCUT2D eigenvalue weighted by Gasteiger charge is 2.23. The molecule has 0 aliphatic carbocycles. The Hall–Kier alpha value is -2.13. The van der Waals surface area contributed by atoms with E-state index in [-0.39, 0.29) is 15.5 Å². The lowest BCUT2D eigenvalue weighted by Gasteiger charge is -2.21. The van der Waals surface area contributed by atoms with Crippen molar-refractivity contribution < 1.29 is 12.6 Å². The first-order valence-electron chi connectivity index (χ1n) is 11.4. The molecule has 1 unspecified atom stereocenters. The van der Waals surface area contributed by atoms with Crippen molar-refractivity contribution in [2.24, 2.45) is 0 Å². The summed E-state index contributed by atoms with van der Waals surface area (Å²) in [4.78, 5) is 13.3. The Morgan fingerprint density at radius 1 is 1.09 bits per heavy atom. The molecule has 3 rings (SSSR count). The van der Waals surface area contributed by atoms with Crippen LogP contribution in [0.5, 0.6) is 0 Å². The van der Waals surface area contributed by atoms with E-state index in [2.05, 4.69) is 5.10 Å². The second-order valence-corrected chi connectivity index (χ2v) is 12.3. The van der Waals surface area contributed by atoms with Gasteiger partial charge in [-0.15, -0.1) is 11.8 Å². The van der Waals surface area contributed by atoms with Crippen LogP contribution >= 0.6 is 23.4 Å². The third kappa shape index (κ3) is 6.97. The van der Waals surface area contributed by atoms with Gasteiger partial charge in [-0.05, 0) is 57.4 Å². The molecule has 1 aromatic heterocycles. The molecule has 1 atom stereocenters. The number of halogens is 1. The molecular formula is C26H31ClN2O4S2. The Balaban J connectivity index is 1.73. The molecule has 0 N–H and O–H groups in total. The second-order valence-electron chi connectivity index (χ2n) is 9.38. The molecule has 0 saturated heterocycles. The number of benzene rings is 2. The number of hydrogen-bond donors (Lipinski definition) is 0. The molecular weight excluding hydrogens is 504 g/mol. The lowest BCUT2D eigenvalue weighted by atomic mass is 10.0. The van der Waals surface area contributed by atoms with E-state index in [0.29, 0.717) is 17.1 Å². The average Bonchev–Trinajstić information content (AvgIpc) is 2.79. The fourth-order valence-electron chi connectivity index (χ4n) is 3.43. The summed E-state index contributed by atoms with van der Waals surface area (Å²) in [5.41, 5.74) is 2.02. The maximum Gasteiger partial charge on any atom is 0.297 e. The van der Waals surface area contributed by atoms with E-state index in [1.54, 1.807) is 30.5 Å². The summed E-state index contributed by atoms with van der Waals surface area (Å²) >= 11 is 7.76. The van der Waals surface area contributed by atoms with Crippen molar-refractivity contribution in [3.63, 3.8) is 0 Å². The van der Waals surface area contributed by atoms with E-state index in [0.717, 1.165) is 23.1 Å². The molecule has 1 heterocycles. The number of hydrogen-bond acceptors (Lipinski definition) is 6. The SMILES string of the molecule is CCCC(OS(=O)(=O)c1ccc(C)cc1)c1ccc(CSc2cnn(C(C)(C)C)c(=O)c2Cl)cc1. The van der Waals surface area contributed by atoms with Gasteiger partial charge in [0.25, 0.3) is 15.7 Å². The van der Waals surface area contributed by atoms with Gasteiger partial charge in [-0.3, -0.25) is 8.98 Å². The first-order chi connectivity index (χ1) is 16.4. The second kappa shape index (κ2) is 11.3. The van der Waals surface area contributed by atoms with Gasteiger partial charge in [-0.1, -0.05) is 66.9 Å². The van der Waals surface area contributed by atoms with E-state index in [1.807, 2.05) is 58.9 Å². The number of thioether (sulfide) groups is 1. The van der Waals surface area contributed by atoms with E-state index in [4.69, 9.17) is 15.8 Å². The summed E-state index contributed by atoms with van der Waals surface area (Å²) in [6.07, 6.45) is 2.40. The van der Waals surface area contributed by atoms with Crippen LogP contribution in [0.25, 0.3) is 0 Å². The summed E-state index contributed by atoms with van der Waals surface area (Å²) in [6, 6.07) is 14.3. The smallest absolute Gasteiger partial charge is 0.266 e. The zero-order chi connectivity index (χ0) is 25.8. The van der Waals surface area contributed by atoms with Crippen molar-refractivity contribution in [1.82, 2.24) is 9.78 Å². The summed E-state index contributed by atoms with van der Waals surface area (Å²) in [7, 11) is -3.88. The summed E-state index contributed by atoms with van der Waals surface area (Å²) in [6.45, 7) is 9.58. The normalized spacial score (nSPS) is 13.1. The highest BCUT2D eigenvalue weighted by molar-refractivity contribution is 7.98. The monoisotopic (exact) mass is 534 g/mol. The number of rotatable bonds is 9. The van der Waals surface area contributed by atoms with Crippen molar-refractivity contribution in [3.05, 3.63) is 86.8 Å². The van der Waals surface area contributed by atoms with Crippen molar-refractivity contribution >= 4 is 33.5 Å². The highest BCUT2D eigenvalue weighted by atomic mass is 35.5. The Morgan fingerprint density at radius 2 is 1.71 bits per heavy atom. The van der Waals surface area contributed by atoms with Crippen molar-refractivity contribution in [3.8, 4) is 0 Å². The van der Waals surface area contributed by atoms with E-state index in [9.17, 15) is 13.2 Å². The maximum absolute atomic E-state index is 12.8. The minimum Gasteiger partial charge on any atom is -0.266 e. The molecule has 9 heteroatoms. The first kappa shape index (κ1) is 27.5. The van der Waals surface area contributed by atoms with Crippen LogP contribution in [-0.2, 0) is 25.6 Å².